The molecule has 7 nitrogen and oxygen atoms in total. The number of nitrogens with one attached hydrogen (secondary N) is 1. The number of thiazole rings is 1. The van der Waals surface area contributed by atoms with Crippen molar-refractivity contribution in [2.24, 2.45) is 0 Å². The Hall–Kier alpha value is -1.74. The maximum Gasteiger partial charge on any atom is 0.430 e. The Kier molecular flexibility index (Phi) is 5.67. The van der Waals surface area contributed by atoms with Crippen LogP contribution in [0.25, 0.3) is 10.2 Å². The second kappa shape index (κ2) is 8.55. The molecule has 1 aromatic heterocycles. The summed E-state index contributed by atoms with van der Waals surface area (Å²) >= 11 is 1.76. The summed E-state index contributed by atoms with van der Waals surface area (Å²) in [5, 5.41) is 5.70. The first kappa shape index (κ1) is 19.2. The number of anilines is 1. The number of hydroxylamine groups is 2. The van der Waals surface area contributed by atoms with E-state index < -0.39 is 6.09 Å². The Morgan fingerprint density at radius 2 is 1.93 bits per heavy atom. The van der Waals surface area contributed by atoms with E-state index in [4.69, 9.17) is 14.6 Å². The first-order chi connectivity index (χ1) is 14.2. The number of hydrogen-bond acceptors (Lipinski definition) is 7. The van der Waals surface area contributed by atoms with Crippen LogP contribution in [0.3, 0.4) is 0 Å². The highest BCUT2D eigenvalue weighted by Gasteiger charge is 2.36. The molecule has 1 aromatic carbocycles. The van der Waals surface area contributed by atoms with Crippen LogP contribution in [-0.4, -0.2) is 66.5 Å². The highest BCUT2D eigenvalue weighted by Crippen LogP contribution is 2.43. The van der Waals surface area contributed by atoms with Crippen molar-refractivity contribution in [3.05, 3.63) is 23.2 Å². The fourth-order valence-corrected chi connectivity index (χ4v) is 5.59. The van der Waals surface area contributed by atoms with Crippen LogP contribution in [0.5, 0.6) is 0 Å². The molecule has 3 heterocycles. The number of fused-ring (bicyclic) bond motifs is 1. The summed E-state index contributed by atoms with van der Waals surface area (Å²) in [6, 6.07) is 6.63. The van der Waals surface area contributed by atoms with Gasteiger partial charge in [0.2, 0.25) is 0 Å². The number of nitrogens with zero attached hydrogens (tertiary/aromatic N) is 3. The predicted molar refractivity (Wildman–Crippen MR) is 113 cm³/mol. The van der Waals surface area contributed by atoms with Gasteiger partial charge in [0.1, 0.15) is 0 Å². The molecule has 3 aliphatic rings. The monoisotopic (exact) mass is 416 g/mol. The zero-order chi connectivity index (χ0) is 19.6. The first-order valence-corrected chi connectivity index (χ1v) is 11.5. The van der Waals surface area contributed by atoms with Crippen LogP contribution in [0.4, 0.5) is 10.5 Å². The molecule has 29 heavy (non-hydrogen) atoms. The van der Waals surface area contributed by atoms with E-state index in [0.717, 1.165) is 21.9 Å². The van der Waals surface area contributed by atoms with Gasteiger partial charge in [-0.05, 0) is 57.0 Å². The molecule has 5 rings (SSSR count). The zero-order valence-electron chi connectivity index (χ0n) is 16.6. The van der Waals surface area contributed by atoms with Crippen LogP contribution in [0, 0.1) is 0 Å². The van der Waals surface area contributed by atoms with Crippen molar-refractivity contribution in [1.29, 1.82) is 0 Å². The summed E-state index contributed by atoms with van der Waals surface area (Å²) < 4.78 is 6.38. The average molecular weight is 417 g/mol. The number of carbonyl (C=O) groups excluding carboxylic acids is 1. The number of amides is 1. The van der Waals surface area contributed by atoms with Crippen molar-refractivity contribution in [1.82, 2.24) is 14.9 Å². The highest BCUT2D eigenvalue weighted by molar-refractivity contribution is 7.18. The van der Waals surface area contributed by atoms with Crippen LogP contribution in [0.15, 0.2) is 18.2 Å². The molecule has 2 aliphatic heterocycles. The number of aromatic nitrogens is 1. The number of ether oxygens (including phenoxy) is 1. The number of carbonyl (C=O) groups is 1. The molecule has 0 radical (unpaired) electrons. The summed E-state index contributed by atoms with van der Waals surface area (Å²) in [5.74, 6) is 0.585. The van der Waals surface area contributed by atoms with E-state index in [9.17, 15) is 4.79 Å². The molecule has 2 saturated heterocycles. The SMILES string of the molecule is O=C(Nc1ccc2nc([C@H]3C[C@@H](N4CCCCC4)C3)sc2c1)ON1CCOCC1. The van der Waals surface area contributed by atoms with Gasteiger partial charge < -0.3 is 14.5 Å². The third kappa shape index (κ3) is 4.40. The summed E-state index contributed by atoms with van der Waals surface area (Å²) in [6.07, 6.45) is 6.10. The fraction of sp³-hybridized carbons (Fsp3) is 0.619. The van der Waals surface area contributed by atoms with E-state index in [1.165, 1.54) is 50.2 Å². The maximum atomic E-state index is 12.1. The first-order valence-electron chi connectivity index (χ1n) is 10.7. The van der Waals surface area contributed by atoms with Crippen LogP contribution < -0.4 is 5.32 Å². The number of morpholine rings is 1. The van der Waals surface area contributed by atoms with Gasteiger partial charge in [0.05, 0.1) is 41.5 Å². The zero-order valence-corrected chi connectivity index (χ0v) is 17.5. The van der Waals surface area contributed by atoms with Gasteiger partial charge in [0, 0.05) is 17.6 Å². The molecule has 1 amide bonds. The number of benzene rings is 1. The summed E-state index contributed by atoms with van der Waals surface area (Å²) in [5.41, 5.74) is 1.75. The van der Waals surface area contributed by atoms with Gasteiger partial charge in [0.25, 0.3) is 0 Å². The third-order valence-electron chi connectivity index (χ3n) is 6.20. The Morgan fingerprint density at radius 1 is 1.14 bits per heavy atom. The number of hydrogen-bond donors (Lipinski definition) is 1. The van der Waals surface area contributed by atoms with Crippen molar-refractivity contribution < 1.29 is 14.4 Å². The van der Waals surface area contributed by atoms with Crippen LogP contribution in [0.1, 0.15) is 43.0 Å². The molecule has 0 bridgehead atoms. The fourth-order valence-electron chi connectivity index (χ4n) is 4.46. The summed E-state index contributed by atoms with van der Waals surface area (Å²) in [4.78, 5) is 25.0. The minimum atomic E-state index is -0.459. The molecule has 0 atom stereocenters. The van der Waals surface area contributed by atoms with Crippen molar-refractivity contribution in [2.45, 2.75) is 44.1 Å². The van der Waals surface area contributed by atoms with Crippen molar-refractivity contribution in [2.75, 3.05) is 44.7 Å². The van der Waals surface area contributed by atoms with E-state index in [2.05, 4.69) is 10.2 Å². The number of rotatable bonds is 4. The predicted octanol–water partition coefficient (Wildman–Crippen LogP) is 3.82. The lowest BCUT2D eigenvalue weighted by Crippen LogP contribution is -2.46. The summed E-state index contributed by atoms with van der Waals surface area (Å²) in [7, 11) is 0. The minimum absolute atomic E-state index is 0.459. The van der Waals surface area contributed by atoms with Crippen molar-refractivity contribution >= 4 is 33.3 Å². The van der Waals surface area contributed by atoms with Gasteiger partial charge in [-0.15, -0.1) is 16.4 Å². The van der Waals surface area contributed by atoms with Crippen molar-refractivity contribution in [3.8, 4) is 0 Å². The van der Waals surface area contributed by atoms with Crippen LogP contribution in [0.2, 0.25) is 0 Å². The standard InChI is InChI=1S/C21H28N4O3S/c26-21(28-25-8-10-27-11-9-25)22-16-4-5-18-19(14-16)29-20(23-18)15-12-17(13-15)24-6-2-1-3-7-24/h4-5,14-15,17H,1-3,6-13H2,(H,22,26)/t15-,17+. The van der Waals surface area contributed by atoms with Gasteiger partial charge in [-0.25, -0.2) is 9.78 Å². The Labute approximate surface area is 174 Å². The number of piperidine rings is 1. The Morgan fingerprint density at radius 3 is 2.72 bits per heavy atom. The molecule has 0 unspecified atom stereocenters. The Balaban J connectivity index is 1.18. The molecule has 1 saturated carbocycles. The molecule has 1 N–H and O–H groups in total. The molecule has 1 aliphatic carbocycles. The van der Waals surface area contributed by atoms with E-state index >= 15 is 0 Å². The van der Waals surface area contributed by atoms with Crippen molar-refractivity contribution in [3.63, 3.8) is 0 Å². The molecular formula is C21H28N4O3S. The second-order valence-electron chi connectivity index (χ2n) is 8.20. The molecule has 156 valence electrons. The second-order valence-corrected chi connectivity index (χ2v) is 9.26. The largest absolute Gasteiger partial charge is 0.430 e. The van der Waals surface area contributed by atoms with Gasteiger partial charge in [-0.3, -0.25) is 5.32 Å². The van der Waals surface area contributed by atoms with E-state index in [1.54, 1.807) is 16.4 Å². The number of likely N-dealkylation sites (tertiary alicyclic amines) is 1. The van der Waals surface area contributed by atoms with Gasteiger partial charge in [-0.2, -0.15) is 0 Å². The lowest BCUT2D eigenvalue weighted by Gasteiger charge is -2.43. The molecular weight excluding hydrogens is 388 g/mol. The van der Waals surface area contributed by atoms with Gasteiger partial charge in [-0.1, -0.05) is 6.42 Å². The lowest BCUT2D eigenvalue weighted by atomic mass is 9.79. The molecule has 2 aromatic rings. The average Bonchev–Trinajstić information content (AvgIpc) is 3.11. The van der Waals surface area contributed by atoms with E-state index in [0.29, 0.717) is 32.2 Å². The van der Waals surface area contributed by atoms with Crippen LogP contribution in [-0.2, 0) is 9.57 Å². The molecule has 3 fully saturated rings. The summed E-state index contributed by atoms with van der Waals surface area (Å²) in [6.45, 7) is 4.92. The minimum Gasteiger partial charge on any atom is -0.379 e. The van der Waals surface area contributed by atoms with E-state index in [1.807, 2.05) is 18.2 Å². The Bertz CT molecular complexity index is 855. The normalized spacial score (nSPS) is 26.2. The van der Waals surface area contributed by atoms with Gasteiger partial charge >= 0.3 is 6.09 Å². The lowest BCUT2D eigenvalue weighted by molar-refractivity contribution is -0.142. The topological polar surface area (TPSA) is 66.9 Å². The molecule has 8 heteroatoms. The van der Waals surface area contributed by atoms with Gasteiger partial charge in [0.15, 0.2) is 0 Å². The molecule has 0 spiro atoms. The van der Waals surface area contributed by atoms with E-state index in [-0.39, 0.29) is 0 Å². The highest BCUT2D eigenvalue weighted by atomic mass is 32.1. The van der Waals surface area contributed by atoms with Crippen LogP contribution >= 0.6 is 11.3 Å². The quantitative estimate of drug-likeness (QED) is 0.817. The smallest absolute Gasteiger partial charge is 0.379 e. The third-order valence-corrected chi connectivity index (χ3v) is 7.38. The maximum absolute atomic E-state index is 12.1.